The Bertz CT molecular complexity index is 977. The summed E-state index contributed by atoms with van der Waals surface area (Å²) in [6, 6.07) is 7.47. The molecule has 9 nitrogen and oxygen atoms in total. The highest BCUT2D eigenvalue weighted by molar-refractivity contribution is 5.78. The summed E-state index contributed by atoms with van der Waals surface area (Å²) >= 11 is 0. The number of hydrogen-bond donors (Lipinski definition) is 3. The van der Waals surface area contributed by atoms with Gasteiger partial charge < -0.3 is 20.5 Å². The topological polar surface area (TPSA) is 110 Å². The van der Waals surface area contributed by atoms with Crippen LogP contribution in [0.4, 0.5) is 4.79 Å². The first kappa shape index (κ1) is 21.3. The lowest BCUT2D eigenvalue weighted by molar-refractivity contribution is -0.121. The van der Waals surface area contributed by atoms with E-state index in [2.05, 4.69) is 25.5 Å². The number of hydrogen-bond acceptors (Lipinski definition) is 5. The quantitative estimate of drug-likeness (QED) is 0.643. The molecular weight excluding hydrogens is 396 g/mol. The van der Waals surface area contributed by atoms with Gasteiger partial charge in [0.15, 0.2) is 0 Å². The number of urea groups is 1. The summed E-state index contributed by atoms with van der Waals surface area (Å²) < 4.78 is 0. The predicted molar refractivity (Wildman–Crippen MR) is 118 cm³/mol. The van der Waals surface area contributed by atoms with E-state index >= 15 is 0 Å². The molecule has 3 N–H and O–H groups in total. The predicted octanol–water partition coefficient (Wildman–Crippen LogP) is 1.20. The molecule has 0 bridgehead atoms. The van der Waals surface area contributed by atoms with E-state index < -0.39 is 0 Å². The Morgan fingerprint density at radius 3 is 2.61 bits per heavy atom. The number of nitrogens with one attached hydrogen (secondary N) is 3. The van der Waals surface area contributed by atoms with E-state index in [1.165, 1.54) is 12.8 Å². The molecule has 1 aromatic heterocycles. The first-order valence-corrected chi connectivity index (χ1v) is 11.1. The van der Waals surface area contributed by atoms with Crippen LogP contribution in [0.1, 0.15) is 37.9 Å². The Kier molecular flexibility index (Phi) is 6.81. The van der Waals surface area contributed by atoms with Crippen molar-refractivity contribution in [1.29, 1.82) is 0 Å². The number of piperazine rings is 1. The van der Waals surface area contributed by atoms with Crippen molar-refractivity contribution < 1.29 is 9.59 Å². The normalized spacial score (nSPS) is 17.7. The number of aromatic nitrogens is 2. The smallest absolute Gasteiger partial charge is 0.317 e. The van der Waals surface area contributed by atoms with Crippen LogP contribution < -0.4 is 16.2 Å². The second kappa shape index (κ2) is 9.91. The van der Waals surface area contributed by atoms with Crippen LogP contribution in [0, 0.1) is 0 Å². The standard InChI is InChI=1S/C22H30N6O3/c29-20(24-16-5-1-2-6-16)9-10-23-22(31)28-13-11-27(12-14-28)15-19-25-18-8-4-3-7-17(18)21(30)26-19/h3-4,7-8,16H,1-2,5-6,9-15H2,(H,23,31)(H,24,29)(H,25,26,30). The lowest BCUT2D eigenvalue weighted by Gasteiger charge is -2.34. The van der Waals surface area contributed by atoms with E-state index in [0.717, 1.165) is 12.8 Å². The number of aromatic amines is 1. The number of rotatable bonds is 6. The van der Waals surface area contributed by atoms with Crippen molar-refractivity contribution in [2.24, 2.45) is 0 Å². The van der Waals surface area contributed by atoms with Crippen LogP contribution >= 0.6 is 0 Å². The van der Waals surface area contributed by atoms with Crippen molar-refractivity contribution in [2.75, 3.05) is 32.7 Å². The number of carbonyl (C=O) groups is 2. The van der Waals surface area contributed by atoms with Crippen molar-refractivity contribution in [1.82, 2.24) is 30.4 Å². The molecular formula is C22H30N6O3. The van der Waals surface area contributed by atoms with Gasteiger partial charge in [0, 0.05) is 45.2 Å². The molecule has 2 fully saturated rings. The minimum absolute atomic E-state index is 0.00824. The minimum Gasteiger partial charge on any atom is -0.353 e. The van der Waals surface area contributed by atoms with E-state index in [-0.39, 0.29) is 17.5 Å². The van der Waals surface area contributed by atoms with E-state index in [9.17, 15) is 14.4 Å². The van der Waals surface area contributed by atoms with Crippen molar-refractivity contribution >= 4 is 22.8 Å². The number of para-hydroxylation sites is 1. The Morgan fingerprint density at radius 2 is 1.84 bits per heavy atom. The molecule has 1 aliphatic carbocycles. The Hall–Kier alpha value is -2.94. The van der Waals surface area contributed by atoms with Crippen LogP contribution in [-0.4, -0.2) is 70.5 Å². The summed E-state index contributed by atoms with van der Waals surface area (Å²) in [6.45, 7) is 3.48. The fourth-order valence-corrected chi connectivity index (χ4v) is 4.30. The van der Waals surface area contributed by atoms with Gasteiger partial charge in [-0.1, -0.05) is 25.0 Å². The van der Waals surface area contributed by atoms with Crippen molar-refractivity contribution in [3.05, 3.63) is 40.4 Å². The molecule has 1 saturated heterocycles. The summed E-state index contributed by atoms with van der Waals surface area (Å²) in [5.74, 6) is 0.642. The second-order valence-electron chi connectivity index (χ2n) is 8.32. The van der Waals surface area contributed by atoms with Crippen molar-refractivity contribution in [3.8, 4) is 0 Å². The zero-order chi connectivity index (χ0) is 21.6. The monoisotopic (exact) mass is 426 g/mol. The second-order valence-corrected chi connectivity index (χ2v) is 8.32. The van der Waals surface area contributed by atoms with Gasteiger partial charge in [0.2, 0.25) is 5.91 Å². The van der Waals surface area contributed by atoms with E-state index in [4.69, 9.17) is 0 Å². The SMILES string of the molecule is O=C(CCNC(=O)N1CCN(Cc2nc3ccccc3c(=O)[nH]2)CC1)NC1CCCC1. The molecule has 1 aliphatic heterocycles. The fraction of sp³-hybridized carbons (Fsp3) is 0.545. The molecule has 0 unspecified atom stereocenters. The Labute approximate surface area is 181 Å². The number of carbonyl (C=O) groups excluding carboxylic acids is 2. The molecule has 1 saturated carbocycles. The summed E-state index contributed by atoms with van der Waals surface area (Å²) in [4.78, 5) is 47.9. The summed E-state index contributed by atoms with van der Waals surface area (Å²) in [6.07, 6.45) is 4.79. The zero-order valence-corrected chi connectivity index (χ0v) is 17.7. The average molecular weight is 427 g/mol. The van der Waals surface area contributed by atoms with Gasteiger partial charge in [-0.15, -0.1) is 0 Å². The fourth-order valence-electron chi connectivity index (χ4n) is 4.30. The first-order valence-electron chi connectivity index (χ1n) is 11.1. The van der Waals surface area contributed by atoms with Crippen LogP contribution in [0.3, 0.4) is 0 Å². The lowest BCUT2D eigenvalue weighted by atomic mass is 10.2. The molecule has 0 spiro atoms. The van der Waals surface area contributed by atoms with Gasteiger partial charge in [0.05, 0.1) is 17.4 Å². The van der Waals surface area contributed by atoms with Crippen LogP contribution in [0.5, 0.6) is 0 Å². The van der Waals surface area contributed by atoms with Crippen molar-refractivity contribution in [3.63, 3.8) is 0 Å². The van der Waals surface area contributed by atoms with E-state index in [1.807, 2.05) is 18.2 Å². The van der Waals surface area contributed by atoms with Gasteiger partial charge in [0.1, 0.15) is 5.82 Å². The number of amides is 3. The molecule has 0 atom stereocenters. The van der Waals surface area contributed by atoms with Gasteiger partial charge in [0.25, 0.3) is 5.56 Å². The Balaban J connectivity index is 1.19. The third kappa shape index (κ3) is 5.61. The molecule has 2 heterocycles. The van der Waals surface area contributed by atoms with Gasteiger partial charge in [-0.3, -0.25) is 14.5 Å². The van der Waals surface area contributed by atoms with Gasteiger partial charge >= 0.3 is 6.03 Å². The molecule has 3 amide bonds. The third-order valence-electron chi connectivity index (χ3n) is 6.04. The summed E-state index contributed by atoms with van der Waals surface area (Å²) in [7, 11) is 0. The molecule has 2 aliphatic rings. The highest BCUT2D eigenvalue weighted by Gasteiger charge is 2.22. The zero-order valence-electron chi connectivity index (χ0n) is 17.7. The molecule has 0 radical (unpaired) electrons. The maximum Gasteiger partial charge on any atom is 0.317 e. The summed E-state index contributed by atoms with van der Waals surface area (Å²) in [5, 5.41) is 6.47. The van der Waals surface area contributed by atoms with Gasteiger partial charge in [-0.05, 0) is 25.0 Å². The minimum atomic E-state index is -0.134. The van der Waals surface area contributed by atoms with E-state index in [1.54, 1.807) is 11.0 Å². The number of fused-ring (bicyclic) bond motifs is 1. The molecule has 2 aromatic rings. The largest absolute Gasteiger partial charge is 0.353 e. The molecule has 31 heavy (non-hydrogen) atoms. The van der Waals surface area contributed by atoms with Crippen molar-refractivity contribution in [2.45, 2.75) is 44.7 Å². The number of benzene rings is 1. The molecule has 1 aromatic carbocycles. The van der Waals surface area contributed by atoms with E-state index in [0.29, 0.717) is 68.5 Å². The maximum atomic E-state index is 12.4. The van der Waals surface area contributed by atoms with Crippen LogP contribution in [0.15, 0.2) is 29.1 Å². The van der Waals surface area contributed by atoms with Crippen LogP contribution in [-0.2, 0) is 11.3 Å². The van der Waals surface area contributed by atoms with Crippen LogP contribution in [0.25, 0.3) is 10.9 Å². The van der Waals surface area contributed by atoms with Gasteiger partial charge in [-0.2, -0.15) is 0 Å². The molecule has 4 rings (SSSR count). The highest BCUT2D eigenvalue weighted by atomic mass is 16.2. The highest BCUT2D eigenvalue weighted by Crippen LogP contribution is 2.17. The average Bonchev–Trinajstić information content (AvgIpc) is 3.27. The number of H-pyrrole nitrogens is 1. The first-order chi connectivity index (χ1) is 15.1. The summed E-state index contributed by atoms with van der Waals surface area (Å²) in [5.41, 5.74) is 0.562. The maximum absolute atomic E-state index is 12.4. The number of nitrogens with zero attached hydrogens (tertiary/aromatic N) is 3. The Morgan fingerprint density at radius 1 is 1.10 bits per heavy atom. The third-order valence-corrected chi connectivity index (χ3v) is 6.04. The van der Waals surface area contributed by atoms with Gasteiger partial charge in [-0.25, -0.2) is 9.78 Å². The van der Waals surface area contributed by atoms with Crippen LogP contribution in [0.2, 0.25) is 0 Å². The lowest BCUT2D eigenvalue weighted by Crippen LogP contribution is -2.52. The molecule has 9 heteroatoms. The molecule has 166 valence electrons.